The van der Waals surface area contributed by atoms with Gasteiger partial charge in [0.15, 0.2) is 0 Å². The van der Waals surface area contributed by atoms with E-state index in [2.05, 4.69) is 15.5 Å². The highest BCUT2D eigenvalue weighted by Gasteiger charge is 2.51. The molecule has 0 saturated carbocycles. The summed E-state index contributed by atoms with van der Waals surface area (Å²) in [7, 11) is 1.77. The summed E-state index contributed by atoms with van der Waals surface area (Å²) in [4.78, 5) is 12.9. The second-order valence-electron chi connectivity index (χ2n) is 3.94. The molecule has 1 aliphatic heterocycles. The van der Waals surface area contributed by atoms with E-state index in [0.29, 0.717) is 0 Å². The summed E-state index contributed by atoms with van der Waals surface area (Å²) in [6, 6.07) is 0.0219. The molecule has 1 amide bonds. The first-order chi connectivity index (χ1) is 6.58. The van der Waals surface area contributed by atoms with E-state index in [1.54, 1.807) is 13.2 Å². The predicted octanol–water partition coefficient (Wildman–Crippen LogP) is 0.402. The first-order valence-corrected chi connectivity index (χ1v) is 4.75. The van der Waals surface area contributed by atoms with E-state index in [1.807, 2.05) is 13.8 Å². The van der Waals surface area contributed by atoms with Crippen LogP contribution in [0.2, 0.25) is 0 Å². The number of amides is 1. The fraction of sp³-hybridized carbons (Fsp3) is 0.667. The van der Waals surface area contributed by atoms with Crippen LogP contribution >= 0.6 is 0 Å². The smallest absolute Gasteiger partial charge is 0.228 e. The first kappa shape index (κ1) is 9.18. The van der Waals surface area contributed by atoms with Crippen LogP contribution in [0.4, 0.5) is 0 Å². The van der Waals surface area contributed by atoms with E-state index in [0.717, 1.165) is 12.1 Å². The predicted molar refractivity (Wildman–Crippen MR) is 50.3 cm³/mol. The van der Waals surface area contributed by atoms with Crippen LogP contribution < -0.4 is 5.32 Å². The Balaban J connectivity index is 2.26. The largest absolute Gasteiger partial charge is 0.346 e. The van der Waals surface area contributed by atoms with Crippen molar-refractivity contribution >= 4 is 5.91 Å². The van der Waals surface area contributed by atoms with Crippen molar-refractivity contribution in [2.24, 2.45) is 12.5 Å². The molecule has 0 spiro atoms. The van der Waals surface area contributed by atoms with Crippen LogP contribution in [0.1, 0.15) is 32.0 Å². The lowest BCUT2D eigenvalue weighted by Crippen LogP contribution is -2.59. The maximum absolute atomic E-state index is 11.4. The summed E-state index contributed by atoms with van der Waals surface area (Å²) in [6.45, 7) is 3.98. The molecule has 1 aromatic heterocycles. The Morgan fingerprint density at radius 2 is 2.43 bits per heavy atom. The Bertz CT molecular complexity index is 373. The van der Waals surface area contributed by atoms with Gasteiger partial charge in [0.05, 0.1) is 17.7 Å². The average Bonchev–Trinajstić information content (AvgIpc) is 2.59. The minimum absolute atomic E-state index is 0.0219. The van der Waals surface area contributed by atoms with Gasteiger partial charge in [0, 0.05) is 7.05 Å². The summed E-state index contributed by atoms with van der Waals surface area (Å²) >= 11 is 0. The number of aryl methyl sites for hydroxylation is 1. The highest BCUT2D eigenvalue weighted by atomic mass is 16.2. The topological polar surface area (TPSA) is 59.8 Å². The highest BCUT2D eigenvalue weighted by Crippen LogP contribution is 2.43. The minimum atomic E-state index is -0.309. The monoisotopic (exact) mass is 194 g/mol. The Morgan fingerprint density at radius 1 is 1.71 bits per heavy atom. The lowest BCUT2D eigenvalue weighted by molar-refractivity contribution is -0.145. The second-order valence-corrected chi connectivity index (χ2v) is 3.94. The van der Waals surface area contributed by atoms with Crippen molar-refractivity contribution in [3.63, 3.8) is 0 Å². The Morgan fingerprint density at radius 3 is 2.86 bits per heavy atom. The molecule has 2 unspecified atom stereocenters. The van der Waals surface area contributed by atoms with Gasteiger partial charge in [0.2, 0.25) is 5.91 Å². The second kappa shape index (κ2) is 2.80. The third kappa shape index (κ3) is 1.05. The molecule has 1 N–H and O–H groups in total. The maximum Gasteiger partial charge on any atom is 0.228 e. The van der Waals surface area contributed by atoms with Crippen LogP contribution in [0, 0.1) is 5.41 Å². The minimum Gasteiger partial charge on any atom is -0.346 e. The molecule has 14 heavy (non-hydrogen) atoms. The van der Waals surface area contributed by atoms with E-state index >= 15 is 0 Å². The fourth-order valence-corrected chi connectivity index (χ4v) is 1.77. The molecule has 1 fully saturated rings. The molecule has 1 aromatic rings. The van der Waals surface area contributed by atoms with Crippen molar-refractivity contribution in [2.75, 3.05) is 0 Å². The van der Waals surface area contributed by atoms with Gasteiger partial charge < -0.3 is 5.32 Å². The summed E-state index contributed by atoms with van der Waals surface area (Å²) < 4.78 is 0. The van der Waals surface area contributed by atoms with E-state index < -0.39 is 0 Å². The van der Waals surface area contributed by atoms with Gasteiger partial charge in [0.1, 0.15) is 5.69 Å². The van der Waals surface area contributed by atoms with E-state index in [9.17, 15) is 4.79 Å². The Kier molecular flexibility index (Phi) is 1.83. The maximum atomic E-state index is 11.4. The fourth-order valence-electron chi connectivity index (χ4n) is 1.77. The van der Waals surface area contributed by atoms with Gasteiger partial charge in [-0.25, -0.2) is 0 Å². The van der Waals surface area contributed by atoms with Gasteiger partial charge in [-0.1, -0.05) is 6.92 Å². The van der Waals surface area contributed by atoms with Gasteiger partial charge in [-0.2, -0.15) is 15.0 Å². The van der Waals surface area contributed by atoms with Crippen molar-refractivity contribution in [3.8, 4) is 0 Å². The molecule has 2 rings (SSSR count). The molecule has 1 aliphatic rings. The van der Waals surface area contributed by atoms with Crippen LogP contribution in [0.25, 0.3) is 0 Å². The lowest BCUT2D eigenvalue weighted by Gasteiger charge is -2.44. The number of β-lactam (4-membered cyclic amide) rings is 1. The van der Waals surface area contributed by atoms with Crippen molar-refractivity contribution in [2.45, 2.75) is 26.3 Å². The van der Waals surface area contributed by atoms with Crippen molar-refractivity contribution in [3.05, 3.63) is 11.9 Å². The standard InChI is InChI=1S/C9H14N4O/c1-4-9(2)7(11-8(9)14)6-5-10-13(3)12-6/h5,7H,4H2,1-3H3,(H,11,14). The molecule has 5 nitrogen and oxygen atoms in total. The molecule has 2 atom stereocenters. The van der Waals surface area contributed by atoms with Crippen molar-refractivity contribution in [1.29, 1.82) is 0 Å². The SMILES string of the molecule is CCC1(C)C(=O)NC1c1cnn(C)n1. The summed E-state index contributed by atoms with van der Waals surface area (Å²) in [5.74, 6) is 0.107. The number of aromatic nitrogens is 3. The van der Waals surface area contributed by atoms with Crippen LogP contribution in [0.15, 0.2) is 6.20 Å². The number of carbonyl (C=O) groups excluding carboxylic acids is 1. The first-order valence-electron chi connectivity index (χ1n) is 4.75. The van der Waals surface area contributed by atoms with Crippen molar-refractivity contribution in [1.82, 2.24) is 20.3 Å². The molecular weight excluding hydrogens is 180 g/mol. The van der Waals surface area contributed by atoms with E-state index in [1.165, 1.54) is 4.80 Å². The molecule has 2 heterocycles. The zero-order valence-electron chi connectivity index (χ0n) is 8.61. The third-order valence-corrected chi connectivity index (χ3v) is 3.08. The third-order valence-electron chi connectivity index (χ3n) is 3.08. The number of nitrogens with zero attached hydrogens (tertiary/aromatic N) is 3. The Labute approximate surface area is 82.5 Å². The lowest BCUT2D eigenvalue weighted by atomic mass is 9.71. The molecule has 5 heteroatoms. The molecular formula is C9H14N4O. The zero-order valence-corrected chi connectivity index (χ0v) is 8.61. The summed E-state index contributed by atoms with van der Waals surface area (Å²) in [5.41, 5.74) is 0.534. The van der Waals surface area contributed by atoms with Crippen LogP contribution in [0.3, 0.4) is 0 Å². The summed E-state index contributed by atoms with van der Waals surface area (Å²) in [5, 5.41) is 11.1. The summed E-state index contributed by atoms with van der Waals surface area (Å²) in [6.07, 6.45) is 2.53. The molecule has 0 radical (unpaired) electrons. The molecule has 0 bridgehead atoms. The average molecular weight is 194 g/mol. The van der Waals surface area contributed by atoms with Gasteiger partial charge in [0.25, 0.3) is 0 Å². The molecule has 76 valence electrons. The van der Waals surface area contributed by atoms with Gasteiger partial charge in [-0.05, 0) is 13.3 Å². The van der Waals surface area contributed by atoms with Crippen LogP contribution in [-0.2, 0) is 11.8 Å². The van der Waals surface area contributed by atoms with Gasteiger partial charge in [-0.3, -0.25) is 4.79 Å². The quantitative estimate of drug-likeness (QED) is 0.693. The van der Waals surface area contributed by atoms with Crippen LogP contribution in [-0.4, -0.2) is 20.9 Å². The number of rotatable bonds is 2. The van der Waals surface area contributed by atoms with Gasteiger partial charge in [-0.15, -0.1) is 0 Å². The molecule has 0 aliphatic carbocycles. The zero-order chi connectivity index (χ0) is 10.3. The number of carbonyl (C=O) groups is 1. The van der Waals surface area contributed by atoms with Gasteiger partial charge >= 0.3 is 0 Å². The normalized spacial score (nSPS) is 31.1. The highest BCUT2D eigenvalue weighted by molar-refractivity contribution is 5.89. The number of hydrogen-bond acceptors (Lipinski definition) is 3. The van der Waals surface area contributed by atoms with Crippen LogP contribution in [0.5, 0.6) is 0 Å². The van der Waals surface area contributed by atoms with E-state index in [-0.39, 0.29) is 17.4 Å². The number of nitrogens with one attached hydrogen (secondary N) is 1. The van der Waals surface area contributed by atoms with E-state index in [4.69, 9.17) is 0 Å². The number of hydrogen-bond donors (Lipinski definition) is 1. The Hall–Kier alpha value is -1.39. The van der Waals surface area contributed by atoms with Crippen molar-refractivity contribution < 1.29 is 4.79 Å². The molecule has 1 saturated heterocycles. The molecule has 0 aromatic carbocycles.